The Hall–Kier alpha value is -2.60. The van der Waals surface area contributed by atoms with Crippen molar-refractivity contribution in [1.82, 2.24) is 5.01 Å². The third-order valence-corrected chi connectivity index (χ3v) is 3.63. The number of hydrogen-bond donors (Lipinski definition) is 1. The van der Waals surface area contributed by atoms with Crippen molar-refractivity contribution in [1.29, 1.82) is 0 Å². The van der Waals surface area contributed by atoms with Crippen LogP contribution >= 0.6 is 0 Å². The standard InChI is InChI=1S/C19H24N2O4/c1-18(2,3)25-17(23)21(20)19(12-8-5-9-13-19)16(22)24-14-15-10-6-4-7-11-15/h4-12H,13-14,20H2,1-3H3. The van der Waals surface area contributed by atoms with Gasteiger partial charge in [0.25, 0.3) is 0 Å². The van der Waals surface area contributed by atoms with Crippen molar-refractivity contribution < 1.29 is 19.1 Å². The van der Waals surface area contributed by atoms with Gasteiger partial charge in [-0.15, -0.1) is 0 Å². The monoisotopic (exact) mass is 344 g/mol. The molecule has 1 unspecified atom stereocenters. The maximum Gasteiger partial charge on any atom is 0.425 e. The van der Waals surface area contributed by atoms with Crippen LogP contribution < -0.4 is 5.84 Å². The Morgan fingerprint density at radius 2 is 1.88 bits per heavy atom. The van der Waals surface area contributed by atoms with Gasteiger partial charge in [-0.3, -0.25) is 0 Å². The van der Waals surface area contributed by atoms with Crippen molar-refractivity contribution in [3.63, 3.8) is 0 Å². The molecule has 6 heteroatoms. The number of benzene rings is 1. The number of rotatable bonds is 4. The molecular formula is C19H24N2O4. The molecule has 25 heavy (non-hydrogen) atoms. The minimum Gasteiger partial charge on any atom is -0.459 e. The summed E-state index contributed by atoms with van der Waals surface area (Å²) >= 11 is 0. The third-order valence-electron chi connectivity index (χ3n) is 3.63. The summed E-state index contributed by atoms with van der Waals surface area (Å²) in [5.41, 5.74) is -1.30. The molecule has 2 rings (SSSR count). The lowest BCUT2D eigenvalue weighted by molar-refractivity contribution is -0.156. The second kappa shape index (κ2) is 7.53. The molecule has 1 amide bonds. The first-order valence-corrected chi connectivity index (χ1v) is 8.08. The molecule has 0 saturated carbocycles. The largest absolute Gasteiger partial charge is 0.459 e. The Morgan fingerprint density at radius 1 is 1.20 bits per heavy atom. The van der Waals surface area contributed by atoms with Crippen molar-refractivity contribution in [2.24, 2.45) is 5.84 Å². The summed E-state index contributed by atoms with van der Waals surface area (Å²) in [7, 11) is 0. The van der Waals surface area contributed by atoms with Crippen LogP contribution in [0.5, 0.6) is 0 Å². The van der Waals surface area contributed by atoms with E-state index in [1.54, 1.807) is 45.1 Å². The molecule has 0 saturated heterocycles. The number of hydrazine groups is 1. The van der Waals surface area contributed by atoms with Gasteiger partial charge in [0.1, 0.15) is 12.2 Å². The zero-order chi connectivity index (χ0) is 18.5. The van der Waals surface area contributed by atoms with Gasteiger partial charge in [-0.1, -0.05) is 48.6 Å². The number of ether oxygens (including phenoxy) is 2. The third kappa shape index (κ3) is 4.70. The highest BCUT2D eigenvalue weighted by Gasteiger charge is 2.46. The first kappa shape index (κ1) is 18.7. The Balaban J connectivity index is 2.16. The van der Waals surface area contributed by atoms with Crippen LogP contribution in [0.4, 0.5) is 4.79 Å². The number of esters is 1. The number of hydrogen-bond acceptors (Lipinski definition) is 5. The van der Waals surface area contributed by atoms with E-state index in [2.05, 4.69) is 0 Å². The van der Waals surface area contributed by atoms with E-state index < -0.39 is 23.2 Å². The molecule has 0 spiro atoms. The van der Waals surface area contributed by atoms with Crippen LogP contribution in [0.15, 0.2) is 54.6 Å². The highest BCUT2D eigenvalue weighted by Crippen LogP contribution is 2.27. The number of nitrogens with zero attached hydrogens (tertiary/aromatic N) is 1. The van der Waals surface area contributed by atoms with Crippen molar-refractivity contribution >= 4 is 12.1 Å². The Kier molecular flexibility index (Phi) is 5.64. The van der Waals surface area contributed by atoms with Gasteiger partial charge >= 0.3 is 12.1 Å². The number of allylic oxidation sites excluding steroid dienone is 2. The van der Waals surface area contributed by atoms with Gasteiger partial charge in [0.05, 0.1) is 0 Å². The fraction of sp³-hybridized carbons (Fsp3) is 0.368. The van der Waals surface area contributed by atoms with Gasteiger partial charge in [-0.05, 0) is 32.4 Å². The normalized spacial score (nSPS) is 19.4. The molecule has 2 N–H and O–H groups in total. The van der Waals surface area contributed by atoms with Crippen LogP contribution in [0.25, 0.3) is 0 Å². The van der Waals surface area contributed by atoms with Crippen molar-refractivity contribution in [3.05, 3.63) is 60.2 Å². The smallest absolute Gasteiger partial charge is 0.425 e. The number of amides is 1. The molecule has 6 nitrogen and oxygen atoms in total. The Labute approximate surface area is 147 Å². The van der Waals surface area contributed by atoms with Crippen LogP contribution in [-0.2, 0) is 20.9 Å². The quantitative estimate of drug-likeness (QED) is 0.393. The van der Waals surface area contributed by atoms with Gasteiger partial charge in [0.15, 0.2) is 5.54 Å². The van der Waals surface area contributed by atoms with Crippen molar-refractivity contribution in [3.8, 4) is 0 Å². The second-order valence-electron chi connectivity index (χ2n) is 6.83. The number of carbonyl (C=O) groups is 2. The average Bonchev–Trinajstić information content (AvgIpc) is 2.59. The van der Waals surface area contributed by atoms with E-state index in [4.69, 9.17) is 15.3 Å². The summed E-state index contributed by atoms with van der Waals surface area (Å²) in [6.07, 6.45) is 6.19. The second-order valence-corrected chi connectivity index (χ2v) is 6.83. The van der Waals surface area contributed by atoms with E-state index in [1.807, 2.05) is 30.3 Å². The highest BCUT2D eigenvalue weighted by molar-refractivity contribution is 5.88. The summed E-state index contributed by atoms with van der Waals surface area (Å²) in [5, 5.41) is 0.811. The van der Waals surface area contributed by atoms with Gasteiger partial charge in [-0.2, -0.15) is 0 Å². The van der Waals surface area contributed by atoms with Gasteiger partial charge in [0.2, 0.25) is 0 Å². The lowest BCUT2D eigenvalue weighted by atomic mass is 9.90. The maximum atomic E-state index is 12.8. The predicted octanol–water partition coefficient (Wildman–Crippen LogP) is 3.10. The summed E-state index contributed by atoms with van der Waals surface area (Å²) in [6, 6.07) is 9.30. The van der Waals surface area contributed by atoms with Crippen LogP contribution in [-0.4, -0.2) is 28.2 Å². The van der Waals surface area contributed by atoms with Crippen molar-refractivity contribution in [2.75, 3.05) is 0 Å². The first-order chi connectivity index (χ1) is 11.7. The van der Waals surface area contributed by atoms with Crippen LogP contribution in [0, 0.1) is 0 Å². The van der Waals surface area contributed by atoms with Crippen LogP contribution in [0.2, 0.25) is 0 Å². The molecule has 1 aliphatic carbocycles. The first-order valence-electron chi connectivity index (χ1n) is 8.08. The fourth-order valence-electron chi connectivity index (χ4n) is 2.36. The van der Waals surface area contributed by atoms with E-state index in [-0.39, 0.29) is 13.0 Å². The zero-order valence-electron chi connectivity index (χ0n) is 14.8. The molecule has 0 heterocycles. The fourth-order valence-corrected chi connectivity index (χ4v) is 2.36. The highest BCUT2D eigenvalue weighted by atomic mass is 16.6. The van der Waals surface area contributed by atoms with E-state index >= 15 is 0 Å². The van der Waals surface area contributed by atoms with Crippen LogP contribution in [0.1, 0.15) is 32.8 Å². The van der Waals surface area contributed by atoms with E-state index in [1.165, 1.54) is 0 Å². The minimum absolute atomic E-state index is 0.0983. The maximum absolute atomic E-state index is 12.8. The average molecular weight is 344 g/mol. The van der Waals surface area contributed by atoms with Crippen LogP contribution in [0.3, 0.4) is 0 Å². The Morgan fingerprint density at radius 3 is 2.44 bits per heavy atom. The summed E-state index contributed by atoms with van der Waals surface area (Å²) < 4.78 is 10.7. The molecule has 1 aliphatic rings. The zero-order valence-corrected chi connectivity index (χ0v) is 14.8. The lowest BCUT2D eigenvalue weighted by Gasteiger charge is -2.37. The summed E-state index contributed by atoms with van der Waals surface area (Å²) in [5.74, 6) is 5.37. The summed E-state index contributed by atoms with van der Waals surface area (Å²) in [4.78, 5) is 25.1. The molecule has 134 valence electrons. The van der Waals surface area contributed by atoms with Gasteiger partial charge < -0.3 is 9.47 Å². The molecule has 0 fully saturated rings. The minimum atomic E-state index is -1.42. The molecule has 1 aromatic carbocycles. The van der Waals surface area contributed by atoms with Gasteiger partial charge in [-0.25, -0.2) is 20.4 Å². The molecule has 0 bridgehead atoms. The van der Waals surface area contributed by atoms with E-state index in [0.29, 0.717) is 0 Å². The molecule has 0 aromatic heterocycles. The molecule has 0 radical (unpaired) electrons. The lowest BCUT2D eigenvalue weighted by Crippen LogP contribution is -2.61. The predicted molar refractivity (Wildman–Crippen MR) is 94.1 cm³/mol. The van der Waals surface area contributed by atoms with E-state index in [9.17, 15) is 9.59 Å². The summed E-state index contributed by atoms with van der Waals surface area (Å²) in [6.45, 7) is 5.29. The molecule has 1 atom stereocenters. The molecule has 1 aromatic rings. The number of nitrogens with two attached hydrogens (primary N) is 1. The van der Waals surface area contributed by atoms with Gasteiger partial charge in [0, 0.05) is 6.42 Å². The molecular weight excluding hydrogens is 320 g/mol. The SMILES string of the molecule is CC(C)(C)OC(=O)N(N)C1(C(=O)OCc2ccccc2)C=CC=CC1. The van der Waals surface area contributed by atoms with E-state index in [0.717, 1.165) is 10.6 Å². The van der Waals surface area contributed by atoms with Crippen molar-refractivity contribution in [2.45, 2.75) is 44.9 Å². The molecule has 0 aliphatic heterocycles. The number of carbonyl (C=O) groups excluding carboxylic acids is 2. The Bertz CT molecular complexity index is 676. The topological polar surface area (TPSA) is 81.9 Å².